The number of rotatable bonds is 6. The van der Waals surface area contributed by atoms with Crippen molar-refractivity contribution < 1.29 is 4.52 Å². The minimum atomic E-state index is 0.624. The average molecular weight is 228 g/mol. The summed E-state index contributed by atoms with van der Waals surface area (Å²) in [4.78, 5) is 3.91. The maximum atomic E-state index is 5.07. The summed E-state index contributed by atoms with van der Waals surface area (Å²) in [6, 6.07) is 0. The lowest BCUT2D eigenvalue weighted by molar-refractivity contribution is 0.377. The average Bonchev–Trinajstić information content (AvgIpc) is 2.71. The lowest BCUT2D eigenvalue weighted by atomic mass is 10.3. The summed E-state index contributed by atoms with van der Waals surface area (Å²) in [7, 11) is 0. The van der Waals surface area contributed by atoms with Crippen LogP contribution in [0.1, 0.15) is 25.7 Å². The highest BCUT2D eigenvalue weighted by Gasteiger charge is 1.99. The first-order valence-electron chi connectivity index (χ1n) is 5.10. The molecule has 6 heteroatoms. The van der Waals surface area contributed by atoms with E-state index in [-0.39, 0.29) is 0 Å². The highest BCUT2D eigenvalue weighted by atomic mass is 32.1. The first-order valence-corrected chi connectivity index (χ1v) is 5.51. The highest BCUT2D eigenvalue weighted by molar-refractivity contribution is 7.80. The van der Waals surface area contributed by atoms with E-state index >= 15 is 0 Å². The summed E-state index contributed by atoms with van der Waals surface area (Å²) in [5.41, 5.74) is 0. The Bertz CT molecular complexity index is 276. The van der Waals surface area contributed by atoms with E-state index in [0.29, 0.717) is 24.0 Å². The third-order valence-corrected chi connectivity index (χ3v) is 2.14. The second kappa shape index (κ2) is 7.17. The maximum absolute atomic E-state index is 5.07. The van der Waals surface area contributed by atoms with Gasteiger partial charge in [-0.2, -0.15) is 4.98 Å². The molecule has 0 bridgehead atoms. The van der Waals surface area contributed by atoms with Crippen molar-refractivity contribution in [2.45, 2.75) is 26.2 Å². The maximum Gasteiger partial charge on any atom is 0.228 e. The van der Waals surface area contributed by atoms with Gasteiger partial charge in [0.2, 0.25) is 5.89 Å². The van der Waals surface area contributed by atoms with Crippen LogP contribution in [-0.2, 0) is 6.42 Å². The molecule has 0 saturated heterocycles. The van der Waals surface area contributed by atoms with Gasteiger partial charge in [-0.25, -0.2) is 0 Å². The van der Waals surface area contributed by atoms with Crippen molar-refractivity contribution in [1.82, 2.24) is 20.8 Å². The van der Waals surface area contributed by atoms with Gasteiger partial charge in [0.1, 0.15) is 0 Å². The Hall–Kier alpha value is -1.17. The molecule has 0 aliphatic rings. The van der Waals surface area contributed by atoms with Crippen LogP contribution in [-0.4, -0.2) is 28.3 Å². The number of hydrogen-bond acceptors (Lipinski definition) is 4. The molecule has 0 saturated carbocycles. The van der Waals surface area contributed by atoms with E-state index < -0.39 is 0 Å². The molecule has 0 spiro atoms. The Morgan fingerprint density at radius 3 is 2.93 bits per heavy atom. The van der Waals surface area contributed by atoms with Gasteiger partial charge in [0.05, 0.1) is 0 Å². The van der Waals surface area contributed by atoms with Gasteiger partial charge in [-0.05, 0) is 18.6 Å². The van der Waals surface area contributed by atoms with E-state index in [1.54, 1.807) is 0 Å². The van der Waals surface area contributed by atoms with Gasteiger partial charge in [0.25, 0.3) is 0 Å². The molecule has 0 amide bonds. The fourth-order valence-corrected chi connectivity index (χ4v) is 1.23. The van der Waals surface area contributed by atoms with Gasteiger partial charge >= 0.3 is 0 Å². The van der Waals surface area contributed by atoms with E-state index in [2.05, 4.69) is 27.7 Å². The zero-order valence-electron chi connectivity index (χ0n) is 8.82. The van der Waals surface area contributed by atoms with Gasteiger partial charge in [0.15, 0.2) is 11.4 Å². The van der Waals surface area contributed by atoms with Gasteiger partial charge < -0.3 is 15.2 Å². The number of nitrogens with zero attached hydrogens (tertiary/aromatic N) is 2. The topological polar surface area (TPSA) is 63.0 Å². The van der Waals surface area contributed by atoms with Crippen molar-refractivity contribution in [3.05, 3.63) is 12.2 Å². The van der Waals surface area contributed by atoms with Gasteiger partial charge in [0, 0.05) is 19.5 Å². The second-order valence-corrected chi connectivity index (χ2v) is 3.53. The first-order chi connectivity index (χ1) is 7.33. The van der Waals surface area contributed by atoms with Crippen LogP contribution in [0.2, 0.25) is 0 Å². The molecular weight excluding hydrogens is 212 g/mol. The summed E-state index contributed by atoms with van der Waals surface area (Å²) < 4.78 is 4.85. The standard InChI is InChI=1S/C9H16N4OS/c1-2-3-5-10-9(15)11-6-4-8-12-7-13-14-8/h7H,2-6H2,1H3,(H2,10,11,15). The molecular formula is C9H16N4OS. The molecule has 1 aromatic heterocycles. The zero-order valence-corrected chi connectivity index (χ0v) is 9.64. The Labute approximate surface area is 94.6 Å². The fraction of sp³-hybridized carbons (Fsp3) is 0.667. The molecule has 84 valence electrons. The van der Waals surface area contributed by atoms with E-state index in [1.807, 2.05) is 0 Å². The number of hydrogen-bond donors (Lipinski definition) is 2. The molecule has 0 aliphatic heterocycles. The molecule has 0 radical (unpaired) electrons. The van der Waals surface area contributed by atoms with Crippen LogP contribution in [0.25, 0.3) is 0 Å². The predicted molar refractivity (Wildman–Crippen MR) is 61.5 cm³/mol. The number of nitrogens with one attached hydrogen (secondary N) is 2. The first kappa shape index (κ1) is 11.9. The molecule has 5 nitrogen and oxygen atoms in total. The number of thiocarbonyl (C=S) groups is 1. The Morgan fingerprint density at radius 2 is 2.27 bits per heavy atom. The SMILES string of the molecule is CCCCNC(=S)NCCc1ncno1. The van der Waals surface area contributed by atoms with Crippen molar-refractivity contribution in [3.63, 3.8) is 0 Å². The van der Waals surface area contributed by atoms with E-state index in [4.69, 9.17) is 16.7 Å². The molecule has 1 aromatic rings. The van der Waals surface area contributed by atoms with Gasteiger partial charge in [-0.15, -0.1) is 0 Å². The monoisotopic (exact) mass is 228 g/mol. The number of unbranched alkanes of at least 4 members (excludes halogenated alkanes) is 1. The number of aromatic nitrogens is 2. The second-order valence-electron chi connectivity index (χ2n) is 3.12. The predicted octanol–water partition coefficient (Wildman–Crippen LogP) is 0.876. The van der Waals surface area contributed by atoms with E-state index in [0.717, 1.165) is 19.4 Å². The molecule has 0 aliphatic carbocycles. The summed E-state index contributed by atoms with van der Waals surface area (Å²) in [5.74, 6) is 0.624. The lowest BCUT2D eigenvalue weighted by Crippen LogP contribution is -2.36. The normalized spacial score (nSPS) is 9.93. The summed E-state index contributed by atoms with van der Waals surface area (Å²) in [6.45, 7) is 3.77. The van der Waals surface area contributed by atoms with E-state index in [1.165, 1.54) is 6.33 Å². The van der Waals surface area contributed by atoms with Crippen LogP contribution >= 0.6 is 12.2 Å². The molecule has 2 N–H and O–H groups in total. The van der Waals surface area contributed by atoms with Crippen molar-refractivity contribution in [1.29, 1.82) is 0 Å². The lowest BCUT2D eigenvalue weighted by Gasteiger charge is -2.08. The Morgan fingerprint density at radius 1 is 1.47 bits per heavy atom. The minimum absolute atomic E-state index is 0.624. The van der Waals surface area contributed by atoms with Crippen LogP contribution in [0.4, 0.5) is 0 Å². The van der Waals surface area contributed by atoms with Crippen LogP contribution in [0.5, 0.6) is 0 Å². The third kappa shape index (κ3) is 5.31. The summed E-state index contributed by atoms with van der Waals surface area (Å²) in [5, 5.41) is 10.4. The molecule has 0 atom stereocenters. The Balaban J connectivity index is 2.02. The van der Waals surface area contributed by atoms with Crippen molar-refractivity contribution >= 4 is 17.3 Å². The quantitative estimate of drug-likeness (QED) is 0.556. The van der Waals surface area contributed by atoms with Crippen LogP contribution in [0.3, 0.4) is 0 Å². The van der Waals surface area contributed by atoms with Gasteiger partial charge in [-0.1, -0.05) is 18.5 Å². The molecule has 1 heterocycles. The third-order valence-electron chi connectivity index (χ3n) is 1.85. The minimum Gasteiger partial charge on any atom is -0.363 e. The molecule has 0 fully saturated rings. The van der Waals surface area contributed by atoms with E-state index in [9.17, 15) is 0 Å². The van der Waals surface area contributed by atoms with Crippen molar-refractivity contribution in [3.8, 4) is 0 Å². The van der Waals surface area contributed by atoms with Crippen molar-refractivity contribution in [2.75, 3.05) is 13.1 Å². The van der Waals surface area contributed by atoms with Gasteiger partial charge in [-0.3, -0.25) is 0 Å². The zero-order chi connectivity index (χ0) is 10.9. The van der Waals surface area contributed by atoms with Crippen LogP contribution in [0.15, 0.2) is 10.9 Å². The molecule has 0 unspecified atom stereocenters. The fourth-order valence-electron chi connectivity index (χ4n) is 1.03. The Kier molecular flexibility index (Phi) is 5.69. The van der Waals surface area contributed by atoms with Crippen molar-refractivity contribution in [2.24, 2.45) is 0 Å². The highest BCUT2D eigenvalue weighted by Crippen LogP contribution is 1.90. The summed E-state index contributed by atoms with van der Waals surface area (Å²) in [6.07, 6.45) is 4.38. The van der Waals surface area contributed by atoms with Crippen LogP contribution in [0, 0.1) is 0 Å². The largest absolute Gasteiger partial charge is 0.363 e. The molecule has 15 heavy (non-hydrogen) atoms. The van der Waals surface area contributed by atoms with Crippen LogP contribution < -0.4 is 10.6 Å². The molecule has 0 aromatic carbocycles. The smallest absolute Gasteiger partial charge is 0.228 e. The summed E-state index contributed by atoms with van der Waals surface area (Å²) >= 11 is 5.07. The molecule has 1 rings (SSSR count).